The maximum absolute atomic E-state index is 4.73. The van der Waals surface area contributed by atoms with Gasteiger partial charge in [-0.2, -0.15) is 0 Å². The Kier molecular flexibility index (Phi) is 6.31. The smallest absolute Gasteiger partial charge is 0.132 e. The van der Waals surface area contributed by atoms with Crippen molar-refractivity contribution in [3.8, 4) is 10.4 Å². The van der Waals surface area contributed by atoms with Crippen molar-refractivity contribution in [1.82, 2.24) is 9.88 Å². The summed E-state index contributed by atoms with van der Waals surface area (Å²) in [5.74, 6) is 1.68. The van der Waals surface area contributed by atoms with Gasteiger partial charge in [0.15, 0.2) is 0 Å². The van der Waals surface area contributed by atoms with E-state index in [2.05, 4.69) is 84.5 Å². The molecule has 0 N–H and O–H groups in total. The molecule has 3 heterocycles. The molecule has 4 heteroatoms. The van der Waals surface area contributed by atoms with Gasteiger partial charge in [-0.3, -0.25) is 4.90 Å². The number of hydrogen-bond donors (Lipinski definition) is 0. The lowest BCUT2D eigenvalue weighted by atomic mass is 10.0. The number of benzene rings is 1. The Labute approximate surface area is 179 Å². The van der Waals surface area contributed by atoms with E-state index in [1.807, 2.05) is 6.20 Å². The molecule has 1 atom stereocenters. The van der Waals surface area contributed by atoms with Crippen LogP contribution in [0.3, 0.4) is 0 Å². The second-order valence-corrected chi connectivity index (χ2v) is 9.14. The first-order chi connectivity index (χ1) is 14.2. The van der Waals surface area contributed by atoms with Crippen molar-refractivity contribution in [1.29, 1.82) is 0 Å². The van der Waals surface area contributed by atoms with Gasteiger partial charge in [0, 0.05) is 36.8 Å². The number of thiophene rings is 1. The van der Waals surface area contributed by atoms with E-state index in [-0.39, 0.29) is 0 Å². The summed E-state index contributed by atoms with van der Waals surface area (Å²) in [6.45, 7) is 11.0. The first kappa shape index (κ1) is 20.1. The zero-order chi connectivity index (χ0) is 20.2. The first-order valence-electron chi connectivity index (χ1n) is 10.7. The molecular weight excluding hydrogens is 374 g/mol. The van der Waals surface area contributed by atoms with Crippen LogP contribution in [0.25, 0.3) is 10.4 Å². The first-order valence-corrected chi connectivity index (χ1v) is 11.6. The molecule has 152 valence electrons. The van der Waals surface area contributed by atoms with Crippen LogP contribution in [-0.2, 0) is 6.54 Å². The Balaban J connectivity index is 1.43. The average molecular weight is 406 g/mol. The summed E-state index contributed by atoms with van der Waals surface area (Å²) < 4.78 is 0. The van der Waals surface area contributed by atoms with Crippen LogP contribution in [0.15, 0.2) is 60.1 Å². The van der Waals surface area contributed by atoms with Gasteiger partial charge in [-0.1, -0.05) is 57.2 Å². The van der Waals surface area contributed by atoms with Crippen molar-refractivity contribution in [2.45, 2.75) is 45.7 Å². The van der Waals surface area contributed by atoms with Gasteiger partial charge in [0.2, 0.25) is 0 Å². The zero-order valence-corrected chi connectivity index (χ0v) is 18.5. The molecule has 0 amide bonds. The number of likely N-dealkylation sites (N-methyl/N-ethyl adjacent to an activating group) is 1. The van der Waals surface area contributed by atoms with Crippen LogP contribution < -0.4 is 4.90 Å². The highest BCUT2D eigenvalue weighted by Gasteiger charge is 2.29. The molecule has 3 nitrogen and oxygen atoms in total. The summed E-state index contributed by atoms with van der Waals surface area (Å²) in [6.07, 6.45) is 3.14. The molecule has 1 aliphatic rings. The van der Waals surface area contributed by atoms with E-state index in [1.54, 1.807) is 11.3 Å². The Bertz CT molecular complexity index is 902. The zero-order valence-electron chi connectivity index (χ0n) is 17.7. The maximum atomic E-state index is 4.73. The third-order valence-corrected chi connectivity index (χ3v) is 6.89. The average Bonchev–Trinajstić information content (AvgIpc) is 3.45. The van der Waals surface area contributed by atoms with Crippen LogP contribution in [0.2, 0.25) is 0 Å². The monoisotopic (exact) mass is 405 g/mol. The van der Waals surface area contributed by atoms with Crippen molar-refractivity contribution >= 4 is 17.2 Å². The van der Waals surface area contributed by atoms with E-state index in [4.69, 9.17) is 4.98 Å². The predicted molar refractivity (Wildman–Crippen MR) is 125 cm³/mol. The molecule has 29 heavy (non-hydrogen) atoms. The van der Waals surface area contributed by atoms with Gasteiger partial charge in [-0.15, -0.1) is 11.3 Å². The molecule has 4 rings (SSSR count). The Morgan fingerprint density at radius 3 is 2.66 bits per heavy atom. The normalized spacial score (nSPS) is 16.9. The number of nitrogens with zero attached hydrogens (tertiary/aromatic N) is 3. The van der Waals surface area contributed by atoms with Crippen LogP contribution in [-0.4, -0.2) is 35.6 Å². The topological polar surface area (TPSA) is 19.4 Å². The van der Waals surface area contributed by atoms with Crippen LogP contribution in [0.5, 0.6) is 0 Å². The number of pyridine rings is 1. The lowest BCUT2D eigenvalue weighted by Gasteiger charge is -2.28. The fourth-order valence-corrected chi connectivity index (χ4v) is 5.04. The molecule has 3 aromatic rings. The minimum absolute atomic E-state index is 0.502. The van der Waals surface area contributed by atoms with Crippen molar-refractivity contribution in [3.63, 3.8) is 0 Å². The number of hydrogen-bond acceptors (Lipinski definition) is 4. The molecule has 1 fully saturated rings. The third-order valence-electron chi connectivity index (χ3n) is 5.97. The van der Waals surface area contributed by atoms with E-state index in [0.717, 1.165) is 26.2 Å². The molecule has 1 aliphatic heterocycles. The van der Waals surface area contributed by atoms with Gasteiger partial charge in [0.1, 0.15) is 5.82 Å². The molecular formula is C25H31N3S. The Morgan fingerprint density at radius 1 is 1.14 bits per heavy atom. The number of aromatic nitrogens is 1. The SMILES string of the molecule is CCN(Cc1ccc(-c2cccs2)cc1)[C@@H]1CCN(c2ncccc2C(C)C)C1. The molecule has 1 saturated heterocycles. The molecule has 0 saturated carbocycles. The molecule has 0 aliphatic carbocycles. The minimum atomic E-state index is 0.502. The third kappa shape index (κ3) is 4.54. The standard InChI is InChI=1S/C25H31N3S/c1-4-27(17-20-9-11-21(12-10-20)24-8-6-16-29-24)22-13-15-28(18-22)25-23(19(2)3)7-5-14-26-25/h5-12,14,16,19,22H,4,13,15,17-18H2,1-3H3/t22-/m1/s1. The largest absolute Gasteiger partial charge is 0.355 e. The van der Waals surface area contributed by atoms with Crippen LogP contribution in [0.1, 0.15) is 44.2 Å². The fourth-order valence-electron chi connectivity index (χ4n) is 4.31. The second-order valence-electron chi connectivity index (χ2n) is 8.20. The van der Waals surface area contributed by atoms with Crippen molar-refractivity contribution in [3.05, 3.63) is 71.2 Å². The highest BCUT2D eigenvalue weighted by atomic mass is 32.1. The number of anilines is 1. The summed E-state index contributed by atoms with van der Waals surface area (Å²) in [4.78, 5) is 11.2. The molecule has 1 aromatic carbocycles. The highest BCUT2D eigenvalue weighted by molar-refractivity contribution is 7.13. The summed E-state index contributed by atoms with van der Waals surface area (Å²) in [5.41, 5.74) is 4.07. The highest BCUT2D eigenvalue weighted by Crippen LogP contribution is 2.30. The molecule has 0 unspecified atom stereocenters. The maximum Gasteiger partial charge on any atom is 0.132 e. The van der Waals surface area contributed by atoms with Gasteiger partial charge < -0.3 is 4.90 Å². The molecule has 0 bridgehead atoms. The fraction of sp³-hybridized carbons (Fsp3) is 0.400. The Morgan fingerprint density at radius 2 is 1.97 bits per heavy atom. The molecule has 0 spiro atoms. The number of rotatable bonds is 7. The Hall–Kier alpha value is -2.17. The van der Waals surface area contributed by atoms with Gasteiger partial charge in [-0.25, -0.2) is 4.98 Å². The second kappa shape index (κ2) is 9.10. The minimum Gasteiger partial charge on any atom is -0.355 e. The van der Waals surface area contributed by atoms with Gasteiger partial charge in [0.25, 0.3) is 0 Å². The van der Waals surface area contributed by atoms with E-state index in [9.17, 15) is 0 Å². The van der Waals surface area contributed by atoms with E-state index < -0.39 is 0 Å². The van der Waals surface area contributed by atoms with Crippen molar-refractivity contribution in [2.75, 3.05) is 24.5 Å². The van der Waals surface area contributed by atoms with Gasteiger partial charge in [-0.05, 0) is 53.1 Å². The lowest BCUT2D eigenvalue weighted by Crippen LogP contribution is -2.37. The van der Waals surface area contributed by atoms with Gasteiger partial charge >= 0.3 is 0 Å². The summed E-state index contributed by atoms with van der Waals surface area (Å²) >= 11 is 1.80. The van der Waals surface area contributed by atoms with Crippen molar-refractivity contribution in [2.24, 2.45) is 0 Å². The van der Waals surface area contributed by atoms with Crippen LogP contribution >= 0.6 is 11.3 Å². The van der Waals surface area contributed by atoms with E-state index in [1.165, 1.54) is 33.8 Å². The molecule has 2 aromatic heterocycles. The van der Waals surface area contributed by atoms with Gasteiger partial charge in [0.05, 0.1) is 0 Å². The van der Waals surface area contributed by atoms with E-state index >= 15 is 0 Å². The summed E-state index contributed by atoms with van der Waals surface area (Å²) in [7, 11) is 0. The molecule has 0 radical (unpaired) electrons. The van der Waals surface area contributed by atoms with E-state index in [0.29, 0.717) is 12.0 Å². The predicted octanol–water partition coefficient (Wildman–Crippen LogP) is 6.03. The lowest BCUT2D eigenvalue weighted by molar-refractivity contribution is 0.212. The van der Waals surface area contributed by atoms with Crippen LogP contribution in [0, 0.1) is 0 Å². The summed E-state index contributed by atoms with van der Waals surface area (Å²) in [5, 5.41) is 2.14. The summed E-state index contributed by atoms with van der Waals surface area (Å²) in [6, 6.07) is 18.3. The van der Waals surface area contributed by atoms with Crippen molar-refractivity contribution < 1.29 is 0 Å². The quantitative estimate of drug-likeness (QED) is 0.478. The van der Waals surface area contributed by atoms with Crippen LogP contribution in [0.4, 0.5) is 5.82 Å².